The van der Waals surface area contributed by atoms with Crippen LogP contribution in [0, 0.1) is 0 Å². The van der Waals surface area contributed by atoms with Crippen LogP contribution in [0.5, 0.6) is 0 Å². The molecule has 0 aromatic heterocycles. The molecule has 0 bridgehead atoms. The summed E-state index contributed by atoms with van der Waals surface area (Å²) in [5.41, 5.74) is 4.34. The largest absolute Gasteiger partial charge is 1.00 e. The molecule has 0 rings (SSSR count). The molecule has 0 unspecified atom stereocenters. The molecular formula is C12H25K3N2O6S2. The number of unbranched alkanes of at least 4 members (excludes halogenated alkanes) is 2. The van der Waals surface area contributed by atoms with E-state index in [0.29, 0.717) is 38.8 Å². The number of hydrogen-bond acceptors (Lipinski definition) is 4. The van der Waals surface area contributed by atoms with Gasteiger partial charge in [0.25, 0.3) is 10.5 Å². The average molecular weight is 475 g/mol. The fourth-order valence-corrected chi connectivity index (χ4v) is 1.66. The number of thiol groups is 2. The van der Waals surface area contributed by atoms with Crippen molar-refractivity contribution >= 4 is 47.7 Å². The van der Waals surface area contributed by atoms with Crippen LogP contribution >= 0.6 is 25.3 Å². The van der Waals surface area contributed by atoms with Crippen molar-refractivity contribution in [1.29, 1.82) is 0 Å². The van der Waals surface area contributed by atoms with E-state index < -0.39 is 17.2 Å². The summed E-state index contributed by atoms with van der Waals surface area (Å²) in [6.45, 7) is 0.922. The van der Waals surface area contributed by atoms with Crippen LogP contribution in [0.4, 0.5) is 9.59 Å². The number of carboxylic acids is 2. The maximum Gasteiger partial charge on any atom is 1.00 e. The molecule has 0 aromatic carbocycles. The van der Waals surface area contributed by atoms with Gasteiger partial charge in [-0.05, 0) is 25.7 Å². The molecule has 0 radical (unpaired) electrons. The predicted octanol–water partition coefficient (Wildman–Crippen LogP) is -6.81. The summed E-state index contributed by atoms with van der Waals surface area (Å²) in [5, 5.41) is 15.9. The molecule has 0 saturated heterocycles. The number of carboxylic acid groups (broad SMARTS) is 2. The second-order valence-corrected chi connectivity index (χ2v) is 5.13. The first-order chi connectivity index (χ1) is 10.2. The Labute approximate surface area is 291 Å². The summed E-state index contributed by atoms with van der Waals surface area (Å²) >= 11 is 6.84. The fourth-order valence-electron chi connectivity index (χ4n) is 1.46. The van der Waals surface area contributed by atoms with E-state index >= 15 is 0 Å². The van der Waals surface area contributed by atoms with E-state index in [2.05, 4.69) is 31.0 Å². The number of nitrogens with zero attached hydrogens (tertiary/aromatic N) is 1. The molecule has 134 valence electrons. The van der Waals surface area contributed by atoms with Crippen LogP contribution in [-0.2, 0) is 9.59 Å². The van der Waals surface area contributed by atoms with E-state index in [0.717, 1.165) is 0 Å². The number of hydrogen-bond donors (Lipinski definition) is 5. The van der Waals surface area contributed by atoms with Crippen molar-refractivity contribution in [3.05, 3.63) is 0 Å². The molecule has 25 heavy (non-hydrogen) atoms. The quantitative estimate of drug-likeness (QED) is 0.121. The Kier molecular flexibility index (Phi) is 42.9. The van der Waals surface area contributed by atoms with Crippen LogP contribution in [0.2, 0.25) is 0 Å². The average Bonchev–Trinajstić information content (AvgIpc) is 2.35. The third-order valence-corrected chi connectivity index (χ3v) is 2.69. The van der Waals surface area contributed by atoms with Crippen LogP contribution in [-0.4, -0.2) is 50.6 Å². The Hall–Kier alpha value is 3.49. The standard InChI is InChI=1S/C11H19NO5S.CH3NOS.3K.3H/c13-9(14)5-1-3-7-12(11(17)18)8-4-2-6-10(15)16;2-1(3)4;;;;;;/h1-8H2,(H,13,14)(H,15,16)(H,17,18);(H3,2,3,4);;;;;;/q;;3*+1;3*-1. The molecule has 0 heterocycles. The van der Waals surface area contributed by atoms with Gasteiger partial charge in [-0.25, -0.2) is 0 Å². The van der Waals surface area contributed by atoms with Crippen molar-refractivity contribution < 1.29 is 188 Å². The van der Waals surface area contributed by atoms with E-state index in [9.17, 15) is 14.4 Å². The number of primary amides is 1. The third kappa shape index (κ3) is 38.7. The number of aliphatic carboxylic acids is 2. The van der Waals surface area contributed by atoms with Gasteiger partial charge < -0.3 is 25.1 Å². The second kappa shape index (κ2) is 27.5. The minimum Gasteiger partial charge on any atom is -1.00 e. The van der Waals surface area contributed by atoms with Gasteiger partial charge in [-0.2, -0.15) is 0 Å². The molecule has 0 aliphatic carbocycles. The van der Waals surface area contributed by atoms with Gasteiger partial charge in [-0.15, -0.1) is 0 Å². The summed E-state index contributed by atoms with van der Waals surface area (Å²) < 4.78 is 0. The zero-order chi connectivity index (χ0) is 17.5. The smallest absolute Gasteiger partial charge is 1.00 e. The zero-order valence-electron chi connectivity index (χ0n) is 18.1. The minimum absolute atomic E-state index is 0. The number of nitrogens with two attached hydrogens (primary N) is 1. The van der Waals surface area contributed by atoms with Crippen molar-refractivity contribution in [3.8, 4) is 0 Å². The first kappa shape index (κ1) is 39.0. The number of amides is 2. The van der Waals surface area contributed by atoms with E-state index in [4.69, 9.17) is 15.0 Å². The van der Waals surface area contributed by atoms with Crippen LogP contribution in [0.3, 0.4) is 0 Å². The molecule has 4 N–H and O–H groups in total. The molecule has 0 aromatic rings. The zero-order valence-corrected chi connectivity index (χ0v) is 26.3. The van der Waals surface area contributed by atoms with Crippen LogP contribution in [0.25, 0.3) is 0 Å². The Balaban J connectivity index is -0.0000000608. The molecule has 0 aliphatic heterocycles. The molecule has 0 spiro atoms. The predicted molar refractivity (Wildman–Crippen MR) is 90.8 cm³/mol. The van der Waals surface area contributed by atoms with E-state index in [1.54, 1.807) is 0 Å². The summed E-state index contributed by atoms with van der Waals surface area (Å²) in [6.07, 6.45) is 2.43. The van der Waals surface area contributed by atoms with Gasteiger partial charge in [-0.3, -0.25) is 19.2 Å². The molecule has 8 nitrogen and oxygen atoms in total. The maximum absolute atomic E-state index is 11.2. The van der Waals surface area contributed by atoms with E-state index in [1.807, 2.05) is 0 Å². The Morgan fingerprint density at radius 1 is 0.800 bits per heavy atom. The fraction of sp³-hybridized carbons (Fsp3) is 0.667. The topological polar surface area (TPSA) is 138 Å². The van der Waals surface area contributed by atoms with Crippen molar-refractivity contribution in [2.24, 2.45) is 5.73 Å². The van der Waals surface area contributed by atoms with Crippen molar-refractivity contribution in [2.75, 3.05) is 13.1 Å². The Morgan fingerprint density at radius 3 is 1.28 bits per heavy atom. The Bertz CT molecular complexity index is 380. The molecular weight excluding hydrogens is 450 g/mol. The summed E-state index contributed by atoms with van der Waals surface area (Å²) in [4.78, 5) is 42.4. The van der Waals surface area contributed by atoms with Gasteiger partial charge in [0, 0.05) is 25.9 Å². The third-order valence-electron chi connectivity index (χ3n) is 2.41. The second-order valence-electron chi connectivity index (χ2n) is 4.31. The molecule has 0 fully saturated rings. The molecule has 0 atom stereocenters. The first-order valence-electron chi connectivity index (χ1n) is 6.56. The van der Waals surface area contributed by atoms with Crippen LogP contribution in [0.1, 0.15) is 42.8 Å². The van der Waals surface area contributed by atoms with Crippen molar-refractivity contribution in [2.45, 2.75) is 38.5 Å². The number of rotatable bonds is 10. The van der Waals surface area contributed by atoms with Gasteiger partial charge in [0.1, 0.15) is 0 Å². The SMILES string of the molecule is NC(=O)S.O=C(O)CCCCN(CCCCC(=O)O)C(=O)S.[H-].[H-].[H-].[K+].[K+].[K+]. The molecule has 0 aliphatic rings. The van der Waals surface area contributed by atoms with Gasteiger partial charge in [0.15, 0.2) is 0 Å². The van der Waals surface area contributed by atoms with Crippen LogP contribution in [0.15, 0.2) is 0 Å². The van der Waals surface area contributed by atoms with Gasteiger partial charge in [-0.1, -0.05) is 25.3 Å². The number of carbonyl (C=O) groups excluding carboxylic acids is 2. The summed E-state index contributed by atoms with van der Waals surface area (Å²) in [6, 6.07) is 0. The summed E-state index contributed by atoms with van der Waals surface area (Å²) in [5.74, 6) is -1.69. The first-order valence-corrected chi connectivity index (χ1v) is 7.46. The van der Waals surface area contributed by atoms with E-state index in [-0.39, 0.29) is 177 Å². The maximum atomic E-state index is 11.2. The van der Waals surface area contributed by atoms with E-state index in [1.165, 1.54) is 4.90 Å². The summed E-state index contributed by atoms with van der Waals surface area (Å²) in [7, 11) is 0. The van der Waals surface area contributed by atoms with Gasteiger partial charge in [0.05, 0.1) is 0 Å². The van der Waals surface area contributed by atoms with Crippen molar-refractivity contribution in [1.82, 2.24) is 4.90 Å². The van der Waals surface area contributed by atoms with Crippen molar-refractivity contribution in [3.63, 3.8) is 0 Å². The monoisotopic (exact) mass is 474 g/mol. The molecule has 0 saturated carbocycles. The number of carbonyl (C=O) groups is 4. The van der Waals surface area contributed by atoms with Gasteiger partial charge in [0.2, 0.25) is 0 Å². The molecule has 2 amide bonds. The van der Waals surface area contributed by atoms with Crippen LogP contribution < -0.4 is 160 Å². The normalized spacial score (nSPS) is 8.24. The van der Waals surface area contributed by atoms with Gasteiger partial charge >= 0.3 is 166 Å². The molecule has 13 heteroatoms. The minimum atomic E-state index is -0.847. The Morgan fingerprint density at radius 2 is 1.08 bits per heavy atom.